The van der Waals surface area contributed by atoms with E-state index in [9.17, 15) is 4.79 Å². The number of hydrazine groups is 1. The Hall–Kier alpha value is -1.58. The number of amides is 1. The Labute approximate surface area is 105 Å². The van der Waals surface area contributed by atoms with Crippen molar-refractivity contribution in [3.05, 3.63) is 23.7 Å². The largest absolute Gasteiger partial charge is 0.459 e. The summed E-state index contributed by atoms with van der Waals surface area (Å²) in [7, 11) is 0. The van der Waals surface area contributed by atoms with Crippen molar-refractivity contribution in [1.82, 2.24) is 15.6 Å². The van der Waals surface area contributed by atoms with Crippen LogP contribution < -0.4 is 17.0 Å². The lowest BCUT2D eigenvalue weighted by Crippen LogP contribution is -2.30. The summed E-state index contributed by atoms with van der Waals surface area (Å²) in [6.07, 6.45) is 1.44. The van der Waals surface area contributed by atoms with E-state index in [1.54, 1.807) is 6.07 Å². The Morgan fingerprint density at radius 2 is 2.41 bits per heavy atom. The molecule has 0 aliphatic carbocycles. The molecule has 9 heteroatoms. The molecule has 0 spiro atoms. The van der Waals surface area contributed by atoms with Crippen LogP contribution in [0, 0.1) is 0 Å². The van der Waals surface area contributed by atoms with Gasteiger partial charge in [-0.3, -0.25) is 10.2 Å². The van der Waals surface area contributed by atoms with Gasteiger partial charge in [-0.05, 0) is 6.07 Å². The molecule has 0 saturated carbocycles. The second-order valence-corrected chi connectivity index (χ2v) is 5.17. The molecule has 0 bridgehead atoms. The van der Waals surface area contributed by atoms with Crippen LogP contribution in [0.15, 0.2) is 21.1 Å². The van der Waals surface area contributed by atoms with Crippen molar-refractivity contribution in [2.75, 3.05) is 5.73 Å². The highest BCUT2D eigenvalue weighted by Crippen LogP contribution is 2.28. The second-order valence-electron chi connectivity index (χ2n) is 2.94. The van der Waals surface area contributed by atoms with Crippen LogP contribution in [0.4, 0.5) is 5.13 Å². The van der Waals surface area contributed by atoms with Gasteiger partial charge in [0.1, 0.15) is 0 Å². The zero-order valence-electron chi connectivity index (χ0n) is 8.54. The van der Waals surface area contributed by atoms with Gasteiger partial charge in [-0.15, -0.1) is 10.2 Å². The van der Waals surface area contributed by atoms with Gasteiger partial charge in [-0.2, -0.15) is 0 Å². The van der Waals surface area contributed by atoms with Crippen LogP contribution in [0.25, 0.3) is 0 Å². The van der Waals surface area contributed by atoms with Gasteiger partial charge in [0.2, 0.25) is 5.13 Å². The number of nitrogens with two attached hydrogens (primary N) is 2. The Balaban J connectivity index is 2.04. The number of carbonyl (C=O) groups is 1. The minimum Gasteiger partial charge on any atom is -0.459 e. The third-order valence-electron chi connectivity index (χ3n) is 1.86. The van der Waals surface area contributed by atoms with Crippen molar-refractivity contribution in [2.24, 2.45) is 5.84 Å². The Morgan fingerprint density at radius 3 is 3.06 bits per heavy atom. The third-order valence-corrected chi connectivity index (χ3v) is 3.79. The molecule has 90 valence electrons. The summed E-state index contributed by atoms with van der Waals surface area (Å²) in [5, 5.41) is 7.97. The molecule has 0 aliphatic heterocycles. The van der Waals surface area contributed by atoms with E-state index in [0.29, 0.717) is 10.9 Å². The number of hydrogen-bond donors (Lipinski definition) is 3. The molecular formula is C8H9N5O2S2. The molecule has 1 amide bonds. The number of nitrogens with zero attached hydrogens (tertiary/aromatic N) is 2. The first-order valence-electron chi connectivity index (χ1n) is 4.50. The molecule has 2 aromatic heterocycles. The van der Waals surface area contributed by atoms with Gasteiger partial charge in [0.15, 0.2) is 10.1 Å². The van der Waals surface area contributed by atoms with Crippen LogP contribution in [0.1, 0.15) is 16.1 Å². The highest BCUT2D eigenvalue weighted by atomic mass is 32.2. The fraction of sp³-hybridized carbons (Fsp3) is 0.125. The molecule has 17 heavy (non-hydrogen) atoms. The molecule has 0 atom stereocenters. The van der Waals surface area contributed by atoms with Crippen molar-refractivity contribution in [1.29, 1.82) is 0 Å². The van der Waals surface area contributed by atoms with Crippen LogP contribution in [0.5, 0.6) is 0 Å². The molecule has 5 N–H and O–H groups in total. The van der Waals surface area contributed by atoms with Gasteiger partial charge in [0.05, 0.1) is 6.26 Å². The van der Waals surface area contributed by atoms with Gasteiger partial charge in [-0.25, -0.2) is 5.84 Å². The molecule has 0 saturated heterocycles. The zero-order chi connectivity index (χ0) is 12.3. The molecule has 0 aromatic carbocycles. The minimum absolute atomic E-state index is 0.206. The monoisotopic (exact) mass is 271 g/mol. The van der Waals surface area contributed by atoms with E-state index in [2.05, 4.69) is 10.2 Å². The maximum atomic E-state index is 11.3. The summed E-state index contributed by atoms with van der Waals surface area (Å²) >= 11 is 2.72. The summed E-state index contributed by atoms with van der Waals surface area (Å²) in [5.74, 6) is 5.33. The Bertz CT molecular complexity index is 523. The van der Waals surface area contributed by atoms with Crippen molar-refractivity contribution in [3.8, 4) is 0 Å². The second kappa shape index (κ2) is 5.17. The van der Waals surface area contributed by atoms with E-state index in [4.69, 9.17) is 16.0 Å². The number of aromatic nitrogens is 2. The predicted molar refractivity (Wildman–Crippen MR) is 64.2 cm³/mol. The Kier molecular flexibility index (Phi) is 3.61. The molecule has 2 aromatic rings. The summed E-state index contributed by atoms with van der Waals surface area (Å²) < 4.78 is 5.79. The fourth-order valence-corrected chi connectivity index (χ4v) is 2.75. The Morgan fingerprint density at radius 1 is 1.59 bits per heavy atom. The van der Waals surface area contributed by atoms with Crippen molar-refractivity contribution in [2.45, 2.75) is 10.1 Å². The van der Waals surface area contributed by atoms with E-state index in [0.717, 1.165) is 9.90 Å². The molecule has 0 unspecified atom stereocenters. The molecule has 0 aliphatic rings. The number of hydrogen-bond acceptors (Lipinski definition) is 8. The van der Waals surface area contributed by atoms with Gasteiger partial charge < -0.3 is 10.2 Å². The van der Waals surface area contributed by atoms with Crippen LogP contribution in [0.2, 0.25) is 0 Å². The summed E-state index contributed by atoms with van der Waals surface area (Å²) in [4.78, 5) is 11.3. The van der Waals surface area contributed by atoms with Crippen molar-refractivity contribution >= 4 is 34.1 Å². The molecule has 0 fully saturated rings. The standard InChI is InChI=1S/C8H9N5O2S2/c9-7-12-13-8(17-7)16-3-4-1-2-15-5(4)6(14)11-10/h1-2H,3,10H2,(H2,9,12)(H,11,14). The fourth-order valence-electron chi connectivity index (χ4n) is 1.13. The smallest absolute Gasteiger partial charge is 0.301 e. The van der Waals surface area contributed by atoms with Crippen LogP contribution in [-0.2, 0) is 5.75 Å². The van der Waals surface area contributed by atoms with Crippen LogP contribution >= 0.6 is 23.1 Å². The molecule has 2 rings (SSSR count). The van der Waals surface area contributed by atoms with Gasteiger partial charge in [-0.1, -0.05) is 23.1 Å². The molecule has 2 heterocycles. The van der Waals surface area contributed by atoms with Crippen LogP contribution in [-0.4, -0.2) is 16.1 Å². The van der Waals surface area contributed by atoms with Gasteiger partial charge in [0.25, 0.3) is 0 Å². The van der Waals surface area contributed by atoms with Crippen molar-refractivity contribution in [3.63, 3.8) is 0 Å². The quantitative estimate of drug-likeness (QED) is 0.322. The number of carbonyl (C=O) groups excluding carboxylic acids is 1. The predicted octanol–water partition coefficient (Wildman–Crippen LogP) is 0.609. The first-order chi connectivity index (χ1) is 8.20. The van der Waals surface area contributed by atoms with E-state index < -0.39 is 5.91 Å². The molecule has 7 nitrogen and oxygen atoms in total. The highest BCUT2D eigenvalue weighted by molar-refractivity contribution is 8.00. The average Bonchev–Trinajstić information content (AvgIpc) is 2.94. The number of nitrogen functional groups attached to an aromatic ring is 2. The highest BCUT2D eigenvalue weighted by Gasteiger charge is 2.14. The van der Waals surface area contributed by atoms with E-state index in [1.165, 1.54) is 29.4 Å². The molecule has 0 radical (unpaired) electrons. The van der Waals surface area contributed by atoms with Gasteiger partial charge in [0, 0.05) is 11.3 Å². The van der Waals surface area contributed by atoms with E-state index >= 15 is 0 Å². The average molecular weight is 271 g/mol. The lowest BCUT2D eigenvalue weighted by molar-refractivity contribution is 0.0925. The number of furan rings is 1. The number of rotatable bonds is 4. The van der Waals surface area contributed by atoms with Gasteiger partial charge >= 0.3 is 5.91 Å². The maximum Gasteiger partial charge on any atom is 0.301 e. The third kappa shape index (κ3) is 2.75. The maximum absolute atomic E-state index is 11.3. The number of anilines is 1. The summed E-state index contributed by atoms with van der Waals surface area (Å²) in [5.41, 5.74) is 8.22. The zero-order valence-corrected chi connectivity index (χ0v) is 10.2. The first-order valence-corrected chi connectivity index (χ1v) is 6.30. The summed E-state index contributed by atoms with van der Waals surface area (Å²) in [6, 6.07) is 1.71. The van der Waals surface area contributed by atoms with Crippen molar-refractivity contribution < 1.29 is 9.21 Å². The number of thioether (sulfide) groups is 1. The number of nitrogens with one attached hydrogen (secondary N) is 1. The van der Waals surface area contributed by atoms with Crippen LogP contribution in [0.3, 0.4) is 0 Å². The normalized spacial score (nSPS) is 10.4. The lowest BCUT2D eigenvalue weighted by Gasteiger charge is -1.99. The van der Waals surface area contributed by atoms with E-state index in [-0.39, 0.29) is 5.76 Å². The SMILES string of the molecule is NNC(=O)c1occc1CSc1nnc(N)s1. The lowest BCUT2D eigenvalue weighted by atomic mass is 10.3. The topological polar surface area (TPSA) is 120 Å². The first kappa shape index (κ1) is 11.9. The summed E-state index contributed by atoms with van der Waals surface area (Å²) in [6.45, 7) is 0. The molecular weight excluding hydrogens is 262 g/mol. The van der Waals surface area contributed by atoms with E-state index in [1.807, 2.05) is 5.43 Å². The minimum atomic E-state index is -0.456.